The van der Waals surface area contributed by atoms with Crippen molar-refractivity contribution in [2.45, 2.75) is 18.9 Å². The molecule has 2 N–H and O–H groups in total. The second kappa shape index (κ2) is 7.49. The van der Waals surface area contributed by atoms with E-state index in [0.29, 0.717) is 18.6 Å². The van der Waals surface area contributed by atoms with Gasteiger partial charge in [0.1, 0.15) is 0 Å². The standard InChI is InChI=1S/C16H20N2O3S/c1-16(7-8-19,10-21-2)18-15(20)13-5-3-12(4-6-13)14-9-22-11-17-14/h3-6,9,11,19H,7-8,10H2,1-2H3,(H,18,20). The van der Waals surface area contributed by atoms with Crippen molar-refractivity contribution in [3.05, 3.63) is 40.7 Å². The van der Waals surface area contributed by atoms with Crippen molar-refractivity contribution in [3.63, 3.8) is 0 Å². The third-order valence-corrected chi connectivity index (χ3v) is 4.00. The minimum absolute atomic E-state index is 0.0110. The van der Waals surface area contributed by atoms with Crippen LogP contribution in [-0.2, 0) is 4.74 Å². The van der Waals surface area contributed by atoms with Gasteiger partial charge < -0.3 is 15.2 Å². The fourth-order valence-corrected chi connectivity index (χ4v) is 2.79. The fourth-order valence-electron chi connectivity index (χ4n) is 2.23. The van der Waals surface area contributed by atoms with Gasteiger partial charge in [0.15, 0.2) is 0 Å². The minimum Gasteiger partial charge on any atom is -0.396 e. The Labute approximate surface area is 134 Å². The molecule has 1 aromatic heterocycles. The molecule has 0 aliphatic carbocycles. The zero-order chi connectivity index (χ0) is 16.0. The van der Waals surface area contributed by atoms with Crippen LogP contribution in [0.15, 0.2) is 35.2 Å². The Bertz CT molecular complexity index is 590. The molecule has 0 spiro atoms. The van der Waals surface area contributed by atoms with E-state index in [0.717, 1.165) is 11.3 Å². The highest BCUT2D eigenvalue weighted by atomic mass is 32.1. The zero-order valence-electron chi connectivity index (χ0n) is 12.7. The predicted molar refractivity (Wildman–Crippen MR) is 87.0 cm³/mol. The Morgan fingerprint density at radius 3 is 2.68 bits per heavy atom. The van der Waals surface area contributed by atoms with Crippen molar-refractivity contribution in [2.24, 2.45) is 0 Å². The second-order valence-corrected chi connectivity index (χ2v) is 6.09. The van der Waals surface area contributed by atoms with Crippen LogP contribution >= 0.6 is 11.3 Å². The van der Waals surface area contributed by atoms with E-state index >= 15 is 0 Å². The van der Waals surface area contributed by atoms with E-state index in [1.165, 1.54) is 11.3 Å². The number of amides is 1. The van der Waals surface area contributed by atoms with Crippen LogP contribution in [0.2, 0.25) is 0 Å². The van der Waals surface area contributed by atoms with E-state index < -0.39 is 5.54 Å². The van der Waals surface area contributed by atoms with Gasteiger partial charge >= 0.3 is 0 Å². The van der Waals surface area contributed by atoms with Crippen molar-refractivity contribution in [1.29, 1.82) is 0 Å². The van der Waals surface area contributed by atoms with Gasteiger partial charge in [-0.2, -0.15) is 0 Å². The van der Waals surface area contributed by atoms with Gasteiger partial charge in [-0.25, -0.2) is 4.98 Å². The number of thiazole rings is 1. The van der Waals surface area contributed by atoms with Crippen LogP contribution in [0.4, 0.5) is 0 Å². The van der Waals surface area contributed by atoms with Crippen molar-refractivity contribution in [2.75, 3.05) is 20.3 Å². The Kier molecular flexibility index (Phi) is 5.65. The van der Waals surface area contributed by atoms with Crippen LogP contribution in [-0.4, -0.2) is 41.9 Å². The highest BCUT2D eigenvalue weighted by Crippen LogP contribution is 2.20. The summed E-state index contributed by atoms with van der Waals surface area (Å²) in [4.78, 5) is 16.6. The van der Waals surface area contributed by atoms with E-state index in [-0.39, 0.29) is 12.5 Å². The second-order valence-electron chi connectivity index (χ2n) is 5.37. The third-order valence-electron chi connectivity index (χ3n) is 3.42. The Morgan fingerprint density at radius 2 is 2.14 bits per heavy atom. The summed E-state index contributed by atoms with van der Waals surface area (Å²) in [5.74, 6) is -0.183. The van der Waals surface area contributed by atoms with E-state index in [9.17, 15) is 4.79 Å². The number of rotatable bonds is 7. The first-order valence-electron chi connectivity index (χ1n) is 6.99. The van der Waals surface area contributed by atoms with Crippen LogP contribution in [0.25, 0.3) is 11.3 Å². The quantitative estimate of drug-likeness (QED) is 0.821. The van der Waals surface area contributed by atoms with Gasteiger partial charge in [-0.3, -0.25) is 4.79 Å². The Morgan fingerprint density at radius 1 is 1.41 bits per heavy atom. The molecule has 1 amide bonds. The van der Waals surface area contributed by atoms with Gasteiger partial charge in [-0.15, -0.1) is 11.3 Å². The van der Waals surface area contributed by atoms with Crippen LogP contribution in [0.5, 0.6) is 0 Å². The monoisotopic (exact) mass is 320 g/mol. The topological polar surface area (TPSA) is 71.5 Å². The maximum Gasteiger partial charge on any atom is 0.251 e. The molecule has 0 bridgehead atoms. The van der Waals surface area contributed by atoms with Crippen LogP contribution in [0.3, 0.4) is 0 Å². The first kappa shape index (κ1) is 16.6. The molecule has 1 aromatic carbocycles. The normalized spacial score (nSPS) is 13.6. The number of aromatic nitrogens is 1. The lowest BCUT2D eigenvalue weighted by Crippen LogP contribution is -2.50. The largest absolute Gasteiger partial charge is 0.396 e. The Hall–Kier alpha value is -1.76. The van der Waals surface area contributed by atoms with Crippen molar-refractivity contribution < 1.29 is 14.6 Å². The number of methoxy groups -OCH3 is 1. The zero-order valence-corrected chi connectivity index (χ0v) is 13.5. The summed E-state index contributed by atoms with van der Waals surface area (Å²) < 4.78 is 5.13. The SMILES string of the molecule is COCC(C)(CCO)NC(=O)c1ccc(-c2cscn2)cc1. The molecule has 1 heterocycles. The molecule has 1 unspecified atom stereocenters. The maximum atomic E-state index is 12.3. The summed E-state index contributed by atoms with van der Waals surface area (Å²) in [6.45, 7) is 2.19. The highest BCUT2D eigenvalue weighted by molar-refractivity contribution is 7.07. The molecule has 1 atom stereocenters. The van der Waals surface area contributed by atoms with E-state index in [1.54, 1.807) is 24.8 Å². The molecule has 118 valence electrons. The van der Waals surface area contributed by atoms with Gasteiger partial charge in [0, 0.05) is 30.2 Å². The summed E-state index contributed by atoms with van der Waals surface area (Å²) in [6.07, 6.45) is 0.434. The van der Waals surface area contributed by atoms with Crippen molar-refractivity contribution in [3.8, 4) is 11.3 Å². The fraction of sp³-hybridized carbons (Fsp3) is 0.375. The average Bonchev–Trinajstić information content (AvgIpc) is 3.02. The van der Waals surface area contributed by atoms with Gasteiger partial charge in [-0.05, 0) is 25.5 Å². The van der Waals surface area contributed by atoms with Gasteiger partial charge in [0.25, 0.3) is 5.91 Å². The van der Waals surface area contributed by atoms with E-state index in [1.807, 2.05) is 24.4 Å². The molecule has 0 aliphatic rings. The van der Waals surface area contributed by atoms with Crippen LogP contribution in [0.1, 0.15) is 23.7 Å². The molecule has 0 radical (unpaired) electrons. The first-order chi connectivity index (χ1) is 10.6. The van der Waals surface area contributed by atoms with Gasteiger partial charge in [0.05, 0.1) is 23.4 Å². The third kappa shape index (κ3) is 4.13. The van der Waals surface area contributed by atoms with E-state index in [2.05, 4.69) is 10.3 Å². The molecule has 6 heteroatoms. The number of carbonyl (C=O) groups excluding carboxylic acids is 1. The molecular weight excluding hydrogens is 300 g/mol. The van der Waals surface area contributed by atoms with E-state index in [4.69, 9.17) is 9.84 Å². The first-order valence-corrected chi connectivity index (χ1v) is 7.93. The molecule has 0 aliphatic heterocycles. The minimum atomic E-state index is -0.589. The van der Waals surface area contributed by atoms with Crippen LogP contribution in [0, 0.1) is 0 Å². The molecule has 0 fully saturated rings. The highest BCUT2D eigenvalue weighted by Gasteiger charge is 2.26. The van der Waals surface area contributed by atoms with Crippen molar-refractivity contribution >= 4 is 17.2 Å². The van der Waals surface area contributed by atoms with Crippen molar-refractivity contribution in [1.82, 2.24) is 10.3 Å². The summed E-state index contributed by atoms with van der Waals surface area (Å²) >= 11 is 1.54. The van der Waals surface area contributed by atoms with Gasteiger partial charge in [0.2, 0.25) is 0 Å². The molecule has 0 saturated carbocycles. The lowest BCUT2D eigenvalue weighted by molar-refractivity contribution is 0.0725. The molecular formula is C16H20N2O3S. The number of hydrogen-bond acceptors (Lipinski definition) is 5. The summed E-state index contributed by atoms with van der Waals surface area (Å²) in [5, 5.41) is 14.0. The number of ether oxygens (including phenoxy) is 1. The summed E-state index contributed by atoms with van der Waals surface area (Å²) in [5.41, 5.74) is 3.64. The smallest absolute Gasteiger partial charge is 0.251 e. The number of aliphatic hydroxyl groups excluding tert-OH is 1. The average molecular weight is 320 g/mol. The lowest BCUT2D eigenvalue weighted by Gasteiger charge is -2.29. The predicted octanol–water partition coefficient (Wildman–Crippen LogP) is 2.33. The molecule has 5 nitrogen and oxygen atoms in total. The number of nitrogens with zero attached hydrogens (tertiary/aromatic N) is 1. The number of nitrogens with one attached hydrogen (secondary N) is 1. The number of benzene rings is 1. The number of carbonyl (C=O) groups is 1. The molecule has 0 saturated heterocycles. The molecule has 2 aromatic rings. The van der Waals surface area contributed by atoms with Gasteiger partial charge in [-0.1, -0.05) is 12.1 Å². The van der Waals surface area contributed by atoms with Crippen LogP contribution < -0.4 is 5.32 Å². The summed E-state index contributed by atoms with van der Waals surface area (Å²) in [7, 11) is 1.57. The molecule has 22 heavy (non-hydrogen) atoms. The molecule has 2 rings (SSSR count). The maximum absolute atomic E-state index is 12.3. The lowest BCUT2D eigenvalue weighted by atomic mass is 9.98. The summed E-state index contributed by atoms with van der Waals surface area (Å²) in [6, 6.07) is 7.31. The Balaban J connectivity index is 2.09. The number of aliphatic hydroxyl groups is 1. The number of hydrogen-bond donors (Lipinski definition) is 2.